The number of ether oxygens (including phenoxy) is 2. The van der Waals surface area contributed by atoms with E-state index in [1.165, 1.54) is 0 Å². The van der Waals surface area contributed by atoms with Crippen molar-refractivity contribution >= 4 is 85.0 Å². The maximum Gasteiger partial charge on any atom is 0.334 e. The third-order valence-corrected chi connectivity index (χ3v) is 6.96. The molecule has 0 fully saturated rings. The van der Waals surface area contributed by atoms with Crippen molar-refractivity contribution in [2.45, 2.75) is 62.8 Å². The number of carboxylic acids is 1. The minimum absolute atomic E-state index is 0. The van der Waals surface area contributed by atoms with Gasteiger partial charge in [-0.3, -0.25) is 24.0 Å². The number of halogens is 3. The summed E-state index contributed by atoms with van der Waals surface area (Å²) in [7, 11) is 1.00. The van der Waals surface area contributed by atoms with Crippen LogP contribution in [0.1, 0.15) is 99.5 Å². The molecular formula is C53H79Br3O10W4Y4-12. The maximum atomic E-state index is 11.4. The van der Waals surface area contributed by atoms with Crippen molar-refractivity contribution in [1.29, 1.82) is 0 Å². The van der Waals surface area contributed by atoms with Crippen molar-refractivity contribution in [2.75, 3.05) is 25.7 Å². The summed E-state index contributed by atoms with van der Waals surface area (Å²) in [5.74, 6) is -1.30. The van der Waals surface area contributed by atoms with Gasteiger partial charge in [-0.15, -0.1) is 5.56 Å². The minimum Gasteiger partial charge on any atom is -0.481 e. The van der Waals surface area contributed by atoms with Gasteiger partial charge in [0.1, 0.15) is 18.2 Å². The molecule has 0 atom stereocenters. The van der Waals surface area contributed by atoms with Crippen LogP contribution in [0.3, 0.4) is 0 Å². The first-order valence-electron chi connectivity index (χ1n) is 16.3. The van der Waals surface area contributed by atoms with E-state index in [-0.39, 0.29) is 346 Å². The van der Waals surface area contributed by atoms with Gasteiger partial charge in [-0.2, -0.15) is 121 Å². The van der Waals surface area contributed by atoms with Crippen LogP contribution < -0.4 is 0 Å². The van der Waals surface area contributed by atoms with Gasteiger partial charge in [0.05, 0.1) is 5.33 Å². The molecular weight excluding hydrogens is 2130 g/mol. The van der Waals surface area contributed by atoms with Gasteiger partial charge in [0.2, 0.25) is 0 Å². The molecule has 1 aliphatic rings. The standard InChI is InChI=1S/C11H11O3.C11H9O2.C8H6BrO.C8H7O.C3H6O2.CH4O.3CH4.8CH3.Br2.4W.4Y/c1-2-11(13)14-8-10(12)9-6-4-3-5-7-9;1-8-10(7-13-11(8)12)9-5-3-2-4-6-9;9-6-8(10)7-4-2-1-3-5-7;1-7(9)8-5-3-2-4-6-8;1-2-3(4)5;1-2;;;;;;;;;;;;1-2;;;;;;;;/h4-7H,2,8H2,1H3;3-6H,7H2,1H3;2-5H,6H2;3-6H,1H3;2H2,1H3,(H,4,5);2H,1H3;3*1H4;8*1H3;;;;;;;;;/q4*-1;;;;;;8*-1;;;;;;;;;. The molecule has 0 saturated heterocycles. The number of carbonyl (C=O) groups excluding carboxylic acids is 5. The molecule has 74 heavy (non-hydrogen) atoms. The molecule has 5 rings (SSSR count). The Kier molecular flexibility index (Phi) is 187. The van der Waals surface area contributed by atoms with Crippen LogP contribution in [0.2, 0.25) is 0 Å². The van der Waals surface area contributed by atoms with Crippen LogP contribution in [0, 0.1) is 83.7 Å². The van der Waals surface area contributed by atoms with Crippen molar-refractivity contribution in [2.24, 2.45) is 0 Å². The van der Waals surface area contributed by atoms with Crippen LogP contribution in [0.5, 0.6) is 0 Å². The summed E-state index contributed by atoms with van der Waals surface area (Å²) in [4.78, 5) is 64.2. The van der Waals surface area contributed by atoms with E-state index >= 15 is 0 Å². The summed E-state index contributed by atoms with van der Waals surface area (Å²) >= 11 is 8.59. The Labute approximate surface area is 635 Å². The van der Waals surface area contributed by atoms with Gasteiger partial charge in [0.25, 0.3) is 0 Å². The molecule has 0 saturated carbocycles. The van der Waals surface area contributed by atoms with E-state index in [1.54, 1.807) is 100 Å². The zero-order valence-corrected chi connectivity index (χ0v) is 70.9. The van der Waals surface area contributed by atoms with Crippen molar-refractivity contribution in [3.8, 4) is 0 Å². The smallest absolute Gasteiger partial charge is 0.334 e. The number of Topliss-reactive ketones (excluding diaryl/α,β-unsaturated/α-hetero) is 3. The Hall–Kier alpha value is 2.61. The summed E-state index contributed by atoms with van der Waals surface area (Å²) < 4.78 is 9.62. The fourth-order valence-electron chi connectivity index (χ4n) is 3.54. The average molecular weight is 2210 g/mol. The molecule has 21 heteroatoms. The SMILES string of the molecule is BrBr.C.C.C.CC(=O)c1cc[c-]cc1.CC1=C(c2cc[c-]cc2)COC1=O.CCC(=O)O.CCC(=O)OCC(=O)c1cc[c-]cc1.CO.O=C(CBr)c1cc[c-]cc1.[CH3-].[CH3-].[CH3-].[CH3-].[CH3-].[CH3-].[CH3-].[CH3-].[W].[W].[W].[W].[Y].[Y].[Y].[Y]. The Bertz CT molecular complexity index is 1760. The molecule has 2 N–H and O–H groups in total. The van der Waals surface area contributed by atoms with Crippen LogP contribution >= 0.6 is 44.2 Å². The topological polar surface area (TPSA) is 161 Å². The Balaban J connectivity index is -0.0000000235. The van der Waals surface area contributed by atoms with E-state index in [4.69, 9.17) is 19.7 Å². The number of aliphatic hydroxyl groups excluding tert-OH is 1. The molecule has 4 aromatic carbocycles. The zero-order chi connectivity index (χ0) is 42.0. The quantitative estimate of drug-likeness (QED) is 0.0714. The average Bonchev–Trinajstić information content (AvgIpc) is 3.59. The number of esters is 2. The number of carbonyl (C=O) groups is 6. The van der Waals surface area contributed by atoms with Gasteiger partial charge in [0, 0.05) is 269 Å². The molecule has 0 amide bonds. The number of hydrogen-bond donors (Lipinski definition) is 2. The fraction of sp³-hybridized carbons (Fsp3) is 0.245. The van der Waals surface area contributed by atoms with Crippen molar-refractivity contribution < 1.29 is 264 Å². The fourth-order valence-corrected chi connectivity index (χ4v) is 3.86. The molecule has 1 heterocycles. The Morgan fingerprint density at radius 3 is 1.09 bits per heavy atom. The van der Waals surface area contributed by atoms with E-state index in [2.05, 4.69) is 68.5 Å². The first kappa shape index (κ1) is 142. The van der Waals surface area contributed by atoms with Crippen LogP contribution in [0.25, 0.3) is 5.57 Å². The van der Waals surface area contributed by atoms with Crippen molar-refractivity contribution in [3.05, 3.63) is 209 Å². The Morgan fingerprint density at radius 1 is 0.581 bits per heavy atom. The molecule has 420 valence electrons. The predicted molar refractivity (Wildman–Crippen MR) is 294 cm³/mol. The number of hydrogen-bond acceptors (Lipinski definition) is 9. The molecule has 0 aliphatic carbocycles. The van der Waals surface area contributed by atoms with Gasteiger partial charge < -0.3 is 79.1 Å². The first-order valence-corrected chi connectivity index (χ1v) is 21.1. The third kappa shape index (κ3) is 72.6. The van der Waals surface area contributed by atoms with Gasteiger partial charge in [-0.05, 0) is 19.4 Å². The number of carboxylic acid groups (broad SMARTS) is 1. The summed E-state index contributed by atoms with van der Waals surface area (Å²) in [5.41, 5.74) is 4.75. The summed E-state index contributed by atoms with van der Waals surface area (Å²) in [6.07, 6.45) is 0.510. The number of cyclic esters (lactones) is 1. The molecule has 0 aromatic heterocycles. The molecule has 0 bridgehead atoms. The van der Waals surface area contributed by atoms with E-state index in [0.717, 1.165) is 29.4 Å². The third-order valence-electron chi connectivity index (χ3n) is 6.46. The number of rotatable bonds is 9. The van der Waals surface area contributed by atoms with Gasteiger partial charge >= 0.3 is 17.9 Å². The molecule has 4 aromatic rings. The van der Waals surface area contributed by atoms with Crippen molar-refractivity contribution in [1.82, 2.24) is 0 Å². The number of aliphatic carboxylic acids is 1. The second-order valence-electron chi connectivity index (χ2n) is 10.1. The van der Waals surface area contributed by atoms with E-state index in [9.17, 15) is 28.8 Å². The predicted octanol–water partition coefficient (Wildman–Crippen LogP) is 14.5. The number of ketones is 3. The van der Waals surface area contributed by atoms with Crippen LogP contribution in [-0.4, -0.2) is 71.1 Å². The molecule has 10 nitrogen and oxygen atoms in total. The number of alkyl halides is 1. The van der Waals surface area contributed by atoms with E-state index in [0.29, 0.717) is 23.1 Å². The van der Waals surface area contributed by atoms with E-state index < -0.39 is 5.97 Å². The minimum atomic E-state index is -0.745. The first-order chi connectivity index (χ1) is 26.4. The van der Waals surface area contributed by atoms with E-state index in [1.807, 2.05) is 24.3 Å². The van der Waals surface area contributed by atoms with Crippen LogP contribution in [-0.2, 0) is 239 Å². The van der Waals surface area contributed by atoms with Gasteiger partial charge in [0.15, 0.2) is 12.4 Å². The normalized spacial score (nSPS) is 7.66. The zero-order valence-electron chi connectivity index (χ0n) is 43.0. The molecule has 0 spiro atoms. The summed E-state index contributed by atoms with van der Waals surface area (Å²) in [6.45, 7) is 6.84. The maximum absolute atomic E-state index is 11.4. The molecule has 4 radical (unpaired) electrons. The van der Waals surface area contributed by atoms with Crippen molar-refractivity contribution in [3.63, 3.8) is 0 Å². The molecule has 0 unspecified atom stereocenters. The Morgan fingerprint density at radius 2 is 0.865 bits per heavy atom. The second kappa shape index (κ2) is 97.8. The van der Waals surface area contributed by atoms with Crippen LogP contribution in [0.15, 0.2) is 103 Å². The number of benzene rings is 4. The number of aliphatic hydroxyl groups is 1. The summed E-state index contributed by atoms with van der Waals surface area (Å²) in [5, 5.41) is 15.1. The summed E-state index contributed by atoms with van der Waals surface area (Å²) in [6, 6.07) is 39.5. The van der Waals surface area contributed by atoms with Gasteiger partial charge in [-0.25, -0.2) is 4.79 Å². The monoisotopic (exact) mass is 2200 g/mol. The largest absolute Gasteiger partial charge is 0.481 e. The van der Waals surface area contributed by atoms with Crippen LogP contribution in [0.4, 0.5) is 0 Å². The van der Waals surface area contributed by atoms with Gasteiger partial charge in [-0.1, -0.05) is 68.7 Å². The molecule has 1 aliphatic heterocycles. The second-order valence-corrected chi connectivity index (χ2v) is 10.7.